The molecule has 0 fully saturated rings. The van der Waals surface area contributed by atoms with Crippen LogP contribution in [0.1, 0.15) is 29.0 Å². The number of benzene rings is 1. The molecule has 0 bridgehead atoms. The summed E-state index contributed by atoms with van der Waals surface area (Å²) in [5, 5.41) is 8.11. The Balaban J connectivity index is 1.29. The molecule has 0 amide bonds. The summed E-state index contributed by atoms with van der Waals surface area (Å²) in [5.41, 5.74) is 5.21. The van der Waals surface area contributed by atoms with E-state index in [9.17, 15) is 0 Å². The van der Waals surface area contributed by atoms with Gasteiger partial charge < -0.3 is 15.6 Å². The highest BCUT2D eigenvalue weighted by Crippen LogP contribution is 2.32. The molecule has 3 N–H and O–H groups in total. The molecule has 1 atom stereocenters. The minimum Gasteiger partial charge on any atom is -0.356 e. The fourth-order valence-corrected chi connectivity index (χ4v) is 3.83. The van der Waals surface area contributed by atoms with Gasteiger partial charge in [0.05, 0.1) is 0 Å². The minimum atomic E-state index is 0.574. The van der Waals surface area contributed by atoms with Crippen LogP contribution in [0.4, 0.5) is 0 Å². The zero-order chi connectivity index (χ0) is 17.8. The Kier molecular flexibility index (Phi) is 4.86. The molecule has 0 aliphatic heterocycles. The fourth-order valence-electron chi connectivity index (χ4n) is 3.83. The molecule has 3 aromatic rings. The predicted octanol–water partition coefficient (Wildman–Crippen LogP) is 3.00. The first-order valence-electron chi connectivity index (χ1n) is 9.28. The fraction of sp³-hybridized carbons (Fsp3) is 0.333. The van der Waals surface area contributed by atoms with E-state index in [-0.39, 0.29) is 0 Å². The highest BCUT2D eigenvalue weighted by molar-refractivity contribution is 5.81. The molecular formula is C21H25N5. The van der Waals surface area contributed by atoms with Crippen molar-refractivity contribution in [2.75, 3.05) is 20.1 Å². The third-order valence-electron chi connectivity index (χ3n) is 5.22. The number of hydrogen-bond donors (Lipinski definition) is 3. The van der Waals surface area contributed by atoms with E-state index in [0.29, 0.717) is 5.92 Å². The number of aliphatic imine (C=N–C) groups is 1. The van der Waals surface area contributed by atoms with Crippen LogP contribution in [-0.4, -0.2) is 36.1 Å². The van der Waals surface area contributed by atoms with Gasteiger partial charge in [0, 0.05) is 43.8 Å². The lowest BCUT2D eigenvalue weighted by Gasteiger charge is -2.16. The van der Waals surface area contributed by atoms with Crippen molar-refractivity contribution < 1.29 is 0 Å². The molecular weight excluding hydrogens is 322 g/mol. The number of aromatic nitrogens is 2. The van der Waals surface area contributed by atoms with Crippen LogP contribution in [0.2, 0.25) is 0 Å². The summed E-state index contributed by atoms with van der Waals surface area (Å²) in [6.45, 7) is 1.76. The van der Waals surface area contributed by atoms with E-state index >= 15 is 0 Å². The average molecular weight is 347 g/mol. The van der Waals surface area contributed by atoms with E-state index in [1.54, 1.807) is 0 Å². The van der Waals surface area contributed by atoms with Gasteiger partial charge in [-0.25, -0.2) is 4.98 Å². The second-order valence-electron chi connectivity index (χ2n) is 6.78. The average Bonchev–Trinajstić information content (AvgIpc) is 3.29. The molecule has 2 aromatic heterocycles. The third-order valence-corrected chi connectivity index (χ3v) is 5.22. The summed E-state index contributed by atoms with van der Waals surface area (Å²) < 4.78 is 0. The van der Waals surface area contributed by atoms with Crippen LogP contribution in [0.25, 0.3) is 11.0 Å². The normalized spacial score (nSPS) is 16.7. The summed E-state index contributed by atoms with van der Waals surface area (Å²) in [5.74, 6) is 1.44. The number of hydrogen-bond acceptors (Lipinski definition) is 2. The lowest BCUT2D eigenvalue weighted by atomic mass is 10.0. The lowest BCUT2D eigenvalue weighted by molar-refractivity contribution is 0.641. The zero-order valence-electron chi connectivity index (χ0n) is 15.1. The van der Waals surface area contributed by atoms with Crippen molar-refractivity contribution in [1.82, 2.24) is 20.6 Å². The number of pyridine rings is 1. The number of H-pyrrole nitrogens is 1. The first-order chi connectivity index (χ1) is 12.8. The Labute approximate surface area is 154 Å². The number of fused-ring (bicyclic) bond motifs is 2. The Hall–Kier alpha value is -2.82. The van der Waals surface area contributed by atoms with E-state index in [2.05, 4.69) is 55.9 Å². The molecule has 5 nitrogen and oxygen atoms in total. The number of nitrogens with one attached hydrogen (secondary N) is 3. The Bertz CT molecular complexity index is 911. The van der Waals surface area contributed by atoms with E-state index in [4.69, 9.17) is 0 Å². The highest BCUT2D eigenvalue weighted by Gasteiger charge is 2.21. The molecule has 4 rings (SSSR count). The summed E-state index contributed by atoms with van der Waals surface area (Å²) in [6, 6.07) is 12.9. The molecule has 1 unspecified atom stereocenters. The predicted molar refractivity (Wildman–Crippen MR) is 107 cm³/mol. The SMILES string of the molecule is CN=C(NCCc1c[nH]c2ncccc12)NCC1CCc2ccccc21. The Morgan fingerprint density at radius 2 is 2.15 bits per heavy atom. The Morgan fingerprint density at radius 1 is 1.23 bits per heavy atom. The van der Waals surface area contributed by atoms with Crippen LogP contribution in [0.5, 0.6) is 0 Å². The van der Waals surface area contributed by atoms with Crippen molar-refractivity contribution in [3.63, 3.8) is 0 Å². The topological polar surface area (TPSA) is 65.1 Å². The van der Waals surface area contributed by atoms with E-state index in [1.165, 1.54) is 34.9 Å². The second-order valence-corrected chi connectivity index (χ2v) is 6.78. The maximum absolute atomic E-state index is 4.36. The van der Waals surface area contributed by atoms with Crippen molar-refractivity contribution in [3.05, 3.63) is 65.5 Å². The van der Waals surface area contributed by atoms with Crippen molar-refractivity contribution in [3.8, 4) is 0 Å². The van der Waals surface area contributed by atoms with Crippen LogP contribution < -0.4 is 10.6 Å². The maximum Gasteiger partial charge on any atom is 0.191 e. The van der Waals surface area contributed by atoms with E-state index in [0.717, 1.165) is 31.1 Å². The number of aromatic amines is 1. The first kappa shape index (κ1) is 16.6. The quantitative estimate of drug-likeness (QED) is 0.491. The van der Waals surface area contributed by atoms with Gasteiger partial charge in [-0.1, -0.05) is 24.3 Å². The van der Waals surface area contributed by atoms with Crippen LogP contribution in [0, 0.1) is 0 Å². The smallest absolute Gasteiger partial charge is 0.191 e. The molecule has 2 heterocycles. The standard InChI is InChI=1S/C21H25N5/c1-22-21(26-14-16-9-8-15-5-2-3-6-18(15)16)24-12-10-17-13-25-20-19(17)7-4-11-23-20/h2-7,11,13,16H,8-10,12,14H2,1H3,(H,23,25)(H2,22,24,26). The molecule has 1 aliphatic rings. The van der Waals surface area contributed by atoms with Gasteiger partial charge in [0.25, 0.3) is 0 Å². The number of guanidine groups is 1. The maximum atomic E-state index is 4.36. The van der Waals surface area contributed by atoms with Gasteiger partial charge in [0.2, 0.25) is 0 Å². The third kappa shape index (κ3) is 3.43. The molecule has 0 radical (unpaired) electrons. The second kappa shape index (κ2) is 7.60. The van der Waals surface area contributed by atoms with Gasteiger partial charge in [0.1, 0.15) is 5.65 Å². The molecule has 0 spiro atoms. The molecule has 134 valence electrons. The molecule has 1 aliphatic carbocycles. The Morgan fingerprint density at radius 3 is 3.08 bits per heavy atom. The van der Waals surface area contributed by atoms with Crippen molar-refractivity contribution in [2.45, 2.75) is 25.2 Å². The monoisotopic (exact) mass is 347 g/mol. The lowest BCUT2D eigenvalue weighted by Crippen LogP contribution is -2.40. The van der Waals surface area contributed by atoms with Gasteiger partial charge in [-0.05, 0) is 48.1 Å². The van der Waals surface area contributed by atoms with Crippen LogP contribution in [0.3, 0.4) is 0 Å². The summed E-state index contributed by atoms with van der Waals surface area (Å²) in [4.78, 5) is 11.9. The van der Waals surface area contributed by atoms with E-state index < -0.39 is 0 Å². The number of aryl methyl sites for hydroxylation is 1. The molecule has 5 heteroatoms. The van der Waals surface area contributed by atoms with Gasteiger partial charge in [-0.2, -0.15) is 0 Å². The van der Waals surface area contributed by atoms with Crippen LogP contribution in [0.15, 0.2) is 53.8 Å². The molecule has 1 aromatic carbocycles. The molecule has 0 saturated heterocycles. The number of rotatable bonds is 5. The number of nitrogens with zero attached hydrogens (tertiary/aromatic N) is 2. The molecule has 26 heavy (non-hydrogen) atoms. The van der Waals surface area contributed by atoms with Crippen molar-refractivity contribution in [1.29, 1.82) is 0 Å². The van der Waals surface area contributed by atoms with Gasteiger partial charge in [-0.3, -0.25) is 4.99 Å². The highest BCUT2D eigenvalue weighted by atomic mass is 15.2. The summed E-state index contributed by atoms with van der Waals surface area (Å²) in [7, 11) is 1.83. The molecule has 0 saturated carbocycles. The summed E-state index contributed by atoms with van der Waals surface area (Å²) in [6.07, 6.45) is 7.19. The van der Waals surface area contributed by atoms with Crippen LogP contribution in [-0.2, 0) is 12.8 Å². The van der Waals surface area contributed by atoms with Crippen molar-refractivity contribution >= 4 is 17.0 Å². The summed E-state index contributed by atoms with van der Waals surface area (Å²) >= 11 is 0. The van der Waals surface area contributed by atoms with Gasteiger partial charge in [-0.15, -0.1) is 0 Å². The minimum absolute atomic E-state index is 0.574. The first-order valence-corrected chi connectivity index (χ1v) is 9.28. The van der Waals surface area contributed by atoms with Gasteiger partial charge in [0.15, 0.2) is 5.96 Å². The van der Waals surface area contributed by atoms with Gasteiger partial charge >= 0.3 is 0 Å². The van der Waals surface area contributed by atoms with E-state index in [1.807, 2.05) is 25.5 Å². The largest absolute Gasteiger partial charge is 0.356 e. The zero-order valence-corrected chi connectivity index (χ0v) is 15.1. The van der Waals surface area contributed by atoms with Crippen molar-refractivity contribution in [2.24, 2.45) is 4.99 Å². The van der Waals surface area contributed by atoms with Crippen LogP contribution >= 0.6 is 0 Å².